The van der Waals surface area contributed by atoms with E-state index in [1.807, 2.05) is 31.3 Å². The summed E-state index contributed by atoms with van der Waals surface area (Å²) < 4.78 is 10.4. The molecule has 0 fully saturated rings. The lowest BCUT2D eigenvalue weighted by atomic mass is 10.1. The van der Waals surface area contributed by atoms with E-state index in [0.717, 1.165) is 18.4 Å². The molecule has 10 nitrogen and oxygen atoms in total. The number of nitrogens with one attached hydrogen (secondary N) is 1. The third-order valence-electron chi connectivity index (χ3n) is 3.87. The van der Waals surface area contributed by atoms with Gasteiger partial charge in [0.25, 0.3) is 0 Å². The van der Waals surface area contributed by atoms with Gasteiger partial charge in [-0.05, 0) is 24.9 Å². The highest BCUT2D eigenvalue weighted by atomic mass is 32.1. The van der Waals surface area contributed by atoms with Crippen LogP contribution in [0.15, 0.2) is 29.3 Å². The predicted octanol–water partition coefficient (Wildman–Crippen LogP) is 1.21. The summed E-state index contributed by atoms with van der Waals surface area (Å²) in [6.45, 7) is 5.12. The largest absolute Gasteiger partial charge is 0.461 e. The van der Waals surface area contributed by atoms with Crippen molar-refractivity contribution < 1.29 is 19.4 Å². The molecule has 1 aromatic heterocycles. The van der Waals surface area contributed by atoms with Crippen LogP contribution in [-0.4, -0.2) is 67.9 Å². The Kier molecular flexibility index (Phi) is 12.8. The second kappa shape index (κ2) is 15.1. The fourth-order valence-corrected chi connectivity index (χ4v) is 2.47. The molecule has 0 saturated heterocycles. The Hall–Kier alpha value is -2.73. The molecule has 0 aliphatic heterocycles. The van der Waals surface area contributed by atoms with E-state index in [1.54, 1.807) is 12.0 Å². The number of nitrogens with two attached hydrogens (primary N) is 1. The Morgan fingerprint density at radius 3 is 2.45 bits per heavy atom. The van der Waals surface area contributed by atoms with Crippen molar-refractivity contribution in [2.24, 2.45) is 4.99 Å². The van der Waals surface area contributed by atoms with E-state index >= 15 is 0 Å². The van der Waals surface area contributed by atoms with E-state index in [1.165, 1.54) is 5.56 Å². The van der Waals surface area contributed by atoms with Crippen LogP contribution < -0.4 is 20.7 Å². The summed E-state index contributed by atoms with van der Waals surface area (Å²) >= 11 is 3.55. The van der Waals surface area contributed by atoms with Crippen LogP contribution >= 0.6 is 12.6 Å². The quantitative estimate of drug-likeness (QED) is 0.124. The molecular formula is C20H30N6O4S. The molecule has 2 rings (SSSR count). The number of benzene rings is 1. The first kappa shape index (κ1) is 26.3. The zero-order valence-electron chi connectivity index (χ0n) is 17.8. The molecule has 2 aromatic rings. The topological polar surface area (TPSA) is 135 Å². The Balaban J connectivity index is 0.00000110. The van der Waals surface area contributed by atoms with Crippen LogP contribution in [-0.2, 0) is 22.6 Å². The molecule has 0 aliphatic carbocycles. The van der Waals surface area contributed by atoms with Gasteiger partial charge in [-0.3, -0.25) is 4.99 Å². The number of aliphatic hydroxyl groups excluding tert-OH is 1. The molecule has 0 spiro atoms. The molecule has 11 heteroatoms. The number of carbonyl (C=O) groups is 1. The Morgan fingerprint density at radius 1 is 1.29 bits per heavy atom. The Bertz CT molecular complexity index is 807. The SMILES string of the molecule is C=Nc1c(N)nc(OCCOC)nc1N(CO)Cc1ccc(CNC)cc1.O=CCS. The molecular weight excluding hydrogens is 420 g/mol. The number of thiol groups is 1. The van der Waals surface area contributed by atoms with Crippen molar-refractivity contribution in [3.8, 4) is 6.01 Å². The smallest absolute Gasteiger partial charge is 0.320 e. The van der Waals surface area contributed by atoms with Crippen LogP contribution in [0.2, 0.25) is 0 Å². The highest BCUT2D eigenvalue weighted by molar-refractivity contribution is 7.80. The van der Waals surface area contributed by atoms with Crippen LogP contribution in [0.1, 0.15) is 11.1 Å². The summed E-state index contributed by atoms with van der Waals surface area (Å²) in [5, 5.41) is 13.0. The lowest BCUT2D eigenvalue weighted by Gasteiger charge is -2.23. The van der Waals surface area contributed by atoms with E-state index in [2.05, 4.69) is 39.6 Å². The molecule has 0 saturated carbocycles. The van der Waals surface area contributed by atoms with Crippen LogP contribution in [0.4, 0.5) is 17.3 Å². The van der Waals surface area contributed by atoms with Crippen molar-refractivity contribution in [3.05, 3.63) is 35.4 Å². The fourth-order valence-electron chi connectivity index (χ4n) is 2.47. The monoisotopic (exact) mass is 450 g/mol. The minimum Gasteiger partial charge on any atom is -0.461 e. The summed E-state index contributed by atoms with van der Waals surface area (Å²) in [5.41, 5.74) is 8.44. The molecule has 1 heterocycles. The molecule has 0 bridgehead atoms. The van der Waals surface area contributed by atoms with E-state index < -0.39 is 0 Å². The van der Waals surface area contributed by atoms with Gasteiger partial charge >= 0.3 is 6.01 Å². The average molecular weight is 451 g/mol. The average Bonchev–Trinajstić information content (AvgIpc) is 2.79. The third kappa shape index (κ3) is 8.89. The first-order chi connectivity index (χ1) is 15.0. The van der Waals surface area contributed by atoms with Crippen molar-refractivity contribution in [2.45, 2.75) is 13.1 Å². The molecule has 1 aromatic carbocycles. The van der Waals surface area contributed by atoms with Gasteiger partial charge < -0.3 is 35.3 Å². The maximum Gasteiger partial charge on any atom is 0.320 e. The van der Waals surface area contributed by atoms with E-state index in [4.69, 9.17) is 20.0 Å². The van der Waals surface area contributed by atoms with Crippen LogP contribution in [0.25, 0.3) is 0 Å². The van der Waals surface area contributed by atoms with Gasteiger partial charge in [-0.1, -0.05) is 24.3 Å². The number of hydrogen-bond acceptors (Lipinski definition) is 11. The number of aliphatic hydroxyl groups is 1. The summed E-state index contributed by atoms with van der Waals surface area (Å²) in [7, 11) is 3.47. The second-order valence-corrected chi connectivity index (χ2v) is 6.46. The minimum atomic E-state index is -0.283. The van der Waals surface area contributed by atoms with Gasteiger partial charge in [0.05, 0.1) is 6.61 Å². The molecule has 0 aliphatic rings. The van der Waals surface area contributed by atoms with Crippen molar-refractivity contribution in [3.63, 3.8) is 0 Å². The summed E-state index contributed by atoms with van der Waals surface area (Å²) in [5.74, 6) is 0.817. The number of nitrogen functional groups attached to an aromatic ring is 1. The van der Waals surface area contributed by atoms with Gasteiger partial charge in [-0.2, -0.15) is 22.6 Å². The molecule has 31 heavy (non-hydrogen) atoms. The first-order valence-corrected chi connectivity index (χ1v) is 10.1. The summed E-state index contributed by atoms with van der Waals surface area (Å²) in [4.78, 5) is 23.1. The lowest BCUT2D eigenvalue weighted by Crippen LogP contribution is -2.25. The normalized spacial score (nSPS) is 10.1. The summed E-state index contributed by atoms with van der Waals surface area (Å²) in [6, 6.07) is 8.15. The van der Waals surface area contributed by atoms with Gasteiger partial charge in [0.1, 0.15) is 25.3 Å². The second-order valence-electron chi connectivity index (χ2n) is 6.10. The molecule has 0 amide bonds. The van der Waals surface area contributed by atoms with Gasteiger partial charge in [0.2, 0.25) is 0 Å². The van der Waals surface area contributed by atoms with Gasteiger partial charge in [-0.25, -0.2) is 0 Å². The Morgan fingerprint density at radius 2 is 1.94 bits per heavy atom. The minimum absolute atomic E-state index is 0.0924. The number of aldehydes is 1. The zero-order chi connectivity index (χ0) is 23.1. The van der Waals surface area contributed by atoms with Gasteiger partial charge in [0, 0.05) is 26.0 Å². The third-order valence-corrected chi connectivity index (χ3v) is 4.02. The number of ether oxygens (including phenoxy) is 2. The van der Waals surface area contributed by atoms with E-state index in [0.29, 0.717) is 30.4 Å². The number of rotatable bonds is 12. The number of aliphatic imine (C=N–C) groups is 1. The first-order valence-electron chi connectivity index (χ1n) is 9.43. The number of nitrogens with zero attached hydrogens (tertiary/aromatic N) is 4. The molecule has 0 radical (unpaired) electrons. The summed E-state index contributed by atoms with van der Waals surface area (Å²) in [6.07, 6.45) is 0.739. The molecule has 170 valence electrons. The van der Waals surface area contributed by atoms with Crippen LogP contribution in [0.3, 0.4) is 0 Å². The van der Waals surface area contributed by atoms with Gasteiger partial charge in [-0.15, -0.1) is 0 Å². The van der Waals surface area contributed by atoms with E-state index in [9.17, 15) is 5.11 Å². The highest BCUT2D eigenvalue weighted by Gasteiger charge is 2.18. The number of hydrogen-bond donors (Lipinski definition) is 4. The van der Waals surface area contributed by atoms with Crippen LogP contribution in [0.5, 0.6) is 6.01 Å². The number of aromatic nitrogens is 2. The zero-order valence-corrected chi connectivity index (χ0v) is 18.7. The standard InChI is InChI=1S/C18H26N6O3.C2H4OS/c1-20-10-13-4-6-14(7-5-13)11-24(12-25)17-15(21-2)16(19)22-18(23-17)27-9-8-26-3;3-1-2-4/h4-7,20,25H,2,8-12H2,1,3H3,(H2,19,22,23);1,4H,2H2. The number of methoxy groups -OCH3 is 1. The highest BCUT2D eigenvalue weighted by Crippen LogP contribution is 2.33. The van der Waals surface area contributed by atoms with Crippen molar-refractivity contribution >= 4 is 43.0 Å². The molecule has 0 unspecified atom stereocenters. The molecule has 4 N–H and O–H groups in total. The van der Waals surface area contributed by atoms with E-state index in [-0.39, 0.29) is 25.2 Å². The lowest BCUT2D eigenvalue weighted by molar-refractivity contribution is -0.105. The van der Waals surface area contributed by atoms with Crippen LogP contribution in [0, 0.1) is 0 Å². The van der Waals surface area contributed by atoms with Crippen molar-refractivity contribution in [1.29, 1.82) is 0 Å². The van der Waals surface area contributed by atoms with Gasteiger partial charge in [0.15, 0.2) is 11.6 Å². The number of anilines is 2. The Labute approximate surface area is 187 Å². The fraction of sp³-hybridized carbons (Fsp3) is 0.400. The maximum absolute atomic E-state index is 9.89. The van der Waals surface area contributed by atoms with Crippen molar-refractivity contribution in [2.75, 3.05) is 50.5 Å². The maximum atomic E-state index is 9.89. The number of carbonyl (C=O) groups excluding carboxylic acids is 1. The van der Waals surface area contributed by atoms with Crippen molar-refractivity contribution in [1.82, 2.24) is 15.3 Å². The predicted molar refractivity (Wildman–Crippen MR) is 125 cm³/mol. The molecule has 0 atom stereocenters.